The number of piperidine rings is 1. The summed E-state index contributed by atoms with van der Waals surface area (Å²) >= 11 is 1.77. The topological polar surface area (TPSA) is 76.5 Å². The SMILES string of the molecule is Cn1ccnc1SCC1CCN(C(=O)Oc2ccc(C(=O)NC(C)(C)CC(C)(C)C)cc2)CC1. The molecule has 3 rings (SSSR count). The summed E-state index contributed by atoms with van der Waals surface area (Å²) in [5.74, 6) is 1.88. The van der Waals surface area contributed by atoms with Gasteiger partial charge in [-0.2, -0.15) is 0 Å². The maximum absolute atomic E-state index is 12.7. The zero-order valence-electron chi connectivity index (χ0n) is 21.3. The second-order valence-electron chi connectivity index (χ2n) is 11.0. The molecule has 1 N–H and O–H groups in total. The van der Waals surface area contributed by atoms with E-state index in [0.29, 0.717) is 30.3 Å². The molecule has 2 heterocycles. The standard InChI is InChI=1S/C26H38N4O3S/c1-25(2,3)18-26(4,5)28-22(31)20-7-9-21(10-8-20)33-24(32)30-14-11-19(12-15-30)17-34-23-27-13-16-29(23)6/h7-10,13,16,19H,11-12,14-15,17-18H2,1-6H3,(H,28,31). The lowest BCUT2D eigenvalue weighted by Gasteiger charge is -2.33. The van der Waals surface area contributed by atoms with Gasteiger partial charge in [0.05, 0.1) is 0 Å². The molecule has 8 heteroatoms. The number of hydrogen-bond acceptors (Lipinski definition) is 5. The van der Waals surface area contributed by atoms with Crippen LogP contribution in [0.5, 0.6) is 5.75 Å². The first-order valence-electron chi connectivity index (χ1n) is 11.9. The van der Waals surface area contributed by atoms with Crippen molar-refractivity contribution in [2.24, 2.45) is 18.4 Å². The number of ether oxygens (including phenoxy) is 1. The third-order valence-electron chi connectivity index (χ3n) is 5.84. The number of rotatable bonds is 7. The average molecular weight is 487 g/mol. The lowest BCUT2D eigenvalue weighted by molar-refractivity contribution is 0.0891. The number of aromatic nitrogens is 2. The monoisotopic (exact) mass is 486 g/mol. The summed E-state index contributed by atoms with van der Waals surface area (Å²) in [6.45, 7) is 11.9. The van der Waals surface area contributed by atoms with Gasteiger partial charge in [-0.3, -0.25) is 4.79 Å². The van der Waals surface area contributed by atoms with Crippen molar-refractivity contribution in [2.45, 2.75) is 64.6 Å². The Morgan fingerprint density at radius 3 is 2.32 bits per heavy atom. The Balaban J connectivity index is 1.45. The number of thioether (sulfide) groups is 1. The Labute approximate surface area is 207 Å². The molecule has 7 nitrogen and oxygen atoms in total. The molecule has 1 aromatic carbocycles. The third-order valence-corrected chi connectivity index (χ3v) is 7.13. The van der Waals surface area contributed by atoms with Crippen molar-refractivity contribution < 1.29 is 14.3 Å². The molecule has 2 amide bonds. The molecule has 0 unspecified atom stereocenters. The van der Waals surface area contributed by atoms with E-state index < -0.39 is 0 Å². The maximum atomic E-state index is 12.7. The Morgan fingerprint density at radius 2 is 1.76 bits per heavy atom. The summed E-state index contributed by atoms with van der Waals surface area (Å²) in [5, 5.41) is 4.13. The van der Waals surface area contributed by atoms with Crippen LogP contribution in [0.4, 0.5) is 4.79 Å². The Morgan fingerprint density at radius 1 is 1.12 bits per heavy atom. The van der Waals surface area contributed by atoms with E-state index in [0.717, 1.165) is 30.2 Å². The molecular formula is C26H38N4O3S. The second kappa shape index (κ2) is 10.8. The molecule has 1 aliphatic heterocycles. The highest BCUT2D eigenvalue weighted by Crippen LogP contribution is 2.28. The molecule has 1 aromatic heterocycles. The summed E-state index contributed by atoms with van der Waals surface area (Å²) in [4.78, 5) is 31.4. The number of nitrogens with zero attached hydrogens (tertiary/aromatic N) is 3. The first-order valence-corrected chi connectivity index (χ1v) is 12.9. The first-order chi connectivity index (χ1) is 15.9. The van der Waals surface area contributed by atoms with E-state index in [1.54, 1.807) is 40.9 Å². The second-order valence-corrected chi connectivity index (χ2v) is 12.0. The average Bonchev–Trinajstić information content (AvgIpc) is 3.15. The fraction of sp³-hybridized carbons (Fsp3) is 0.577. The highest BCUT2D eigenvalue weighted by atomic mass is 32.2. The summed E-state index contributed by atoms with van der Waals surface area (Å²) in [6, 6.07) is 6.76. The molecule has 1 saturated heterocycles. The van der Waals surface area contributed by atoms with Gasteiger partial charge in [0.1, 0.15) is 5.75 Å². The zero-order chi connectivity index (χ0) is 24.9. The lowest BCUT2D eigenvalue weighted by atomic mass is 9.81. The Hall–Kier alpha value is -2.48. The quantitative estimate of drug-likeness (QED) is 0.533. The van der Waals surface area contributed by atoms with Crippen molar-refractivity contribution in [3.8, 4) is 5.75 Å². The van der Waals surface area contributed by atoms with Gasteiger partial charge in [-0.1, -0.05) is 32.5 Å². The van der Waals surface area contributed by atoms with Gasteiger partial charge in [0.15, 0.2) is 5.16 Å². The van der Waals surface area contributed by atoms with Crippen LogP contribution in [0.25, 0.3) is 0 Å². The van der Waals surface area contributed by atoms with Crippen molar-refractivity contribution >= 4 is 23.8 Å². The van der Waals surface area contributed by atoms with E-state index in [-0.39, 0.29) is 23.0 Å². The van der Waals surface area contributed by atoms with Crippen molar-refractivity contribution in [2.75, 3.05) is 18.8 Å². The Kier molecular flexibility index (Phi) is 8.34. The number of benzene rings is 1. The number of imidazole rings is 1. The molecule has 0 bridgehead atoms. The third kappa shape index (κ3) is 7.79. The number of amides is 2. The molecule has 0 spiro atoms. The fourth-order valence-electron chi connectivity index (χ4n) is 4.55. The van der Waals surface area contributed by atoms with Crippen LogP contribution in [0.1, 0.15) is 64.2 Å². The van der Waals surface area contributed by atoms with Gasteiger partial charge < -0.3 is 19.5 Å². The van der Waals surface area contributed by atoms with Crippen molar-refractivity contribution in [1.82, 2.24) is 19.8 Å². The van der Waals surface area contributed by atoms with Gasteiger partial charge in [-0.15, -0.1) is 0 Å². The normalized spacial score (nSPS) is 15.3. The van der Waals surface area contributed by atoms with Crippen LogP contribution >= 0.6 is 11.8 Å². The summed E-state index contributed by atoms with van der Waals surface area (Å²) in [7, 11) is 2.00. The van der Waals surface area contributed by atoms with Gasteiger partial charge in [0.2, 0.25) is 0 Å². The summed E-state index contributed by atoms with van der Waals surface area (Å²) in [5.41, 5.74) is 0.344. The highest BCUT2D eigenvalue weighted by molar-refractivity contribution is 7.99. The molecule has 0 aliphatic carbocycles. The number of likely N-dealkylation sites (tertiary alicyclic amines) is 1. The molecule has 0 atom stereocenters. The van der Waals surface area contributed by atoms with Crippen molar-refractivity contribution in [3.05, 3.63) is 42.2 Å². The van der Waals surface area contributed by atoms with Gasteiger partial charge in [0, 0.05) is 49.4 Å². The van der Waals surface area contributed by atoms with Crippen LogP contribution in [0, 0.1) is 11.3 Å². The summed E-state index contributed by atoms with van der Waals surface area (Å²) in [6.07, 6.45) is 6.20. The van der Waals surface area contributed by atoms with E-state index in [9.17, 15) is 9.59 Å². The van der Waals surface area contributed by atoms with Crippen LogP contribution in [0.3, 0.4) is 0 Å². The number of carbonyl (C=O) groups excluding carboxylic acids is 2. The van der Waals surface area contributed by atoms with Crippen LogP contribution < -0.4 is 10.1 Å². The highest BCUT2D eigenvalue weighted by Gasteiger charge is 2.28. The van der Waals surface area contributed by atoms with E-state index >= 15 is 0 Å². The predicted octanol–water partition coefficient (Wildman–Crippen LogP) is 5.37. The van der Waals surface area contributed by atoms with E-state index in [4.69, 9.17) is 4.74 Å². The van der Waals surface area contributed by atoms with Gasteiger partial charge in [0.25, 0.3) is 5.91 Å². The first kappa shape index (κ1) is 26.1. The minimum atomic E-state index is -0.335. The lowest BCUT2D eigenvalue weighted by Crippen LogP contribution is -2.45. The predicted molar refractivity (Wildman–Crippen MR) is 136 cm³/mol. The molecule has 2 aromatic rings. The van der Waals surface area contributed by atoms with Gasteiger partial charge in [-0.05, 0) is 68.7 Å². The largest absolute Gasteiger partial charge is 0.415 e. The zero-order valence-corrected chi connectivity index (χ0v) is 22.1. The van der Waals surface area contributed by atoms with E-state index in [1.165, 1.54) is 0 Å². The smallest absolute Gasteiger partial charge is 0.410 e. The molecule has 0 radical (unpaired) electrons. The number of hydrogen-bond donors (Lipinski definition) is 1. The minimum absolute atomic E-state index is 0.112. The fourth-order valence-corrected chi connectivity index (χ4v) is 5.67. The number of aryl methyl sites for hydroxylation is 1. The molecule has 34 heavy (non-hydrogen) atoms. The van der Waals surface area contributed by atoms with Crippen LogP contribution in [-0.2, 0) is 7.05 Å². The minimum Gasteiger partial charge on any atom is -0.410 e. The van der Waals surface area contributed by atoms with Crippen LogP contribution in [0.15, 0.2) is 41.8 Å². The number of nitrogens with one attached hydrogen (secondary N) is 1. The Bertz CT molecular complexity index is 971. The molecule has 186 valence electrons. The van der Waals surface area contributed by atoms with Gasteiger partial charge in [-0.25, -0.2) is 9.78 Å². The molecule has 1 aliphatic rings. The van der Waals surface area contributed by atoms with E-state index in [2.05, 4.69) is 31.1 Å². The number of carbonyl (C=O) groups is 2. The molecular weight excluding hydrogens is 448 g/mol. The van der Waals surface area contributed by atoms with E-state index in [1.807, 2.05) is 37.9 Å². The molecule has 0 saturated carbocycles. The maximum Gasteiger partial charge on any atom is 0.415 e. The van der Waals surface area contributed by atoms with Crippen LogP contribution in [0.2, 0.25) is 0 Å². The van der Waals surface area contributed by atoms with Gasteiger partial charge >= 0.3 is 6.09 Å². The van der Waals surface area contributed by atoms with Crippen LogP contribution in [-0.4, -0.2) is 50.8 Å². The van der Waals surface area contributed by atoms with Crippen molar-refractivity contribution in [3.63, 3.8) is 0 Å². The molecule has 1 fully saturated rings. The summed E-state index contributed by atoms with van der Waals surface area (Å²) < 4.78 is 7.59. The van der Waals surface area contributed by atoms with Crippen molar-refractivity contribution in [1.29, 1.82) is 0 Å².